The number of carbonyl (C=O) groups is 3. The first-order chi connectivity index (χ1) is 8.09. The van der Waals surface area contributed by atoms with Crippen molar-refractivity contribution in [3.63, 3.8) is 0 Å². The van der Waals surface area contributed by atoms with Crippen LogP contribution in [0.3, 0.4) is 0 Å². The van der Waals surface area contributed by atoms with Crippen LogP contribution in [-0.4, -0.2) is 61.8 Å². The van der Waals surface area contributed by atoms with Crippen LogP contribution in [0.25, 0.3) is 0 Å². The molecule has 1 aliphatic heterocycles. The molecule has 0 radical (unpaired) electrons. The Morgan fingerprint density at radius 1 is 1.29 bits per heavy atom. The Bertz CT molecular complexity index is 301. The van der Waals surface area contributed by atoms with E-state index in [9.17, 15) is 14.4 Å². The Balaban J connectivity index is 2.18. The Morgan fingerprint density at radius 3 is 2.65 bits per heavy atom. The molecule has 1 fully saturated rings. The van der Waals surface area contributed by atoms with Crippen molar-refractivity contribution in [1.29, 1.82) is 0 Å². The average molecular weight is 245 g/mol. The Morgan fingerprint density at radius 2 is 2.06 bits per heavy atom. The van der Waals surface area contributed by atoms with Crippen molar-refractivity contribution in [3.8, 4) is 0 Å². The standard InChI is InChI=1S/C9H15N3O5/c13-7(11-5-8(14)15)4-12-9(16)6-3-10-1-2-17-6/h6,10H,1-5H2,(H,11,13)(H,12,16)(H,14,15). The van der Waals surface area contributed by atoms with E-state index in [1.807, 2.05) is 0 Å². The summed E-state index contributed by atoms with van der Waals surface area (Å²) in [7, 11) is 0. The van der Waals surface area contributed by atoms with Crippen LogP contribution >= 0.6 is 0 Å². The molecule has 0 bridgehead atoms. The number of carbonyl (C=O) groups excluding carboxylic acids is 2. The second-order valence-corrected chi connectivity index (χ2v) is 3.45. The fraction of sp³-hybridized carbons (Fsp3) is 0.667. The summed E-state index contributed by atoms with van der Waals surface area (Å²) >= 11 is 0. The Kier molecular flexibility index (Phi) is 5.37. The molecule has 1 heterocycles. The summed E-state index contributed by atoms with van der Waals surface area (Å²) in [5, 5.41) is 15.8. The van der Waals surface area contributed by atoms with Gasteiger partial charge in [0.15, 0.2) is 0 Å². The maximum absolute atomic E-state index is 11.5. The van der Waals surface area contributed by atoms with Crippen LogP contribution in [0.5, 0.6) is 0 Å². The van der Waals surface area contributed by atoms with Crippen LogP contribution in [-0.2, 0) is 19.1 Å². The molecule has 0 aromatic carbocycles. The number of carboxylic acid groups (broad SMARTS) is 1. The van der Waals surface area contributed by atoms with Crippen LogP contribution in [0, 0.1) is 0 Å². The number of ether oxygens (including phenoxy) is 1. The molecule has 17 heavy (non-hydrogen) atoms. The van der Waals surface area contributed by atoms with Crippen LogP contribution in [0.2, 0.25) is 0 Å². The zero-order valence-electron chi connectivity index (χ0n) is 9.19. The van der Waals surface area contributed by atoms with Crippen molar-refractivity contribution < 1.29 is 24.2 Å². The highest BCUT2D eigenvalue weighted by molar-refractivity contribution is 5.88. The fourth-order valence-corrected chi connectivity index (χ4v) is 1.25. The predicted molar refractivity (Wildman–Crippen MR) is 56.3 cm³/mol. The minimum absolute atomic E-state index is 0.258. The molecule has 1 rings (SSSR count). The summed E-state index contributed by atoms with van der Waals surface area (Å²) in [6.07, 6.45) is -0.601. The third-order valence-electron chi connectivity index (χ3n) is 2.08. The zero-order valence-corrected chi connectivity index (χ0v) is 9.19. The van der Waals surface area contributed by atoms with E-state index in [-0.39, 0.29) is 12.5 Å². The van der Waals surface area contributed by atoms with Gasteiger partial charge in [-0.1, -0.05) is 0 Å². The summed E-state index contributed by atoms with van der Waals surface area (Å²) in [6.45, 7) is 0.830. The first-order valence-electron chi connectivity index (χ1n) is 5.18. The van der Waals surface area contributed by atoms with E-state index >= 15 is 0 Å². The molecule has 2 amide bonds. The lowest BCUT2D eigenvalue weighted by Gasteiger charge is -2.22. The van der Waals surface area contributed by atoms with E-state index < -0.39 is 24.5 Å². The molecule has 1 unspecified atom stereocenters. The molecule has 96 valence electrons. The number of nitrogens with one attached hydrogen (secondary N) is 3. The van der Waals surface area contributed by atoms with Crippen molar-refractivity contribution in [2.75, 3.05) is 32.8 Å². The quantitative estimate of drug-likeness (QED) is 0.418. The van der Waals surface area contributed by atoms with Crippen molar-refractivity contribution >= 4 is 17.8 Å². The topological polar surface area (TPSA) is 117 Å². The molecule has 0 aromatic rings. The minimum atomic E-state index is -1.13. The molecular weight excluding hydrogens is 230 g/mol. The van der Waals surface area contributed by atoms with Gasteiger partial charge in [0.2, 0.25) is 5.91 Å². The van der Waals surface area contributed by atoms with Gasteiger partial charge in [-0.3, -0.25) is 14.4 Å². The number of aliphatic carboxylic acids is 1. The number of hydrogen-bond donors (Lipinski definition) is 4. The molecule has 1 atom stereocenters. The molecule has 0 aromatic heterocycles. The van der Waals surface area contributed by atoms with E-state index in [1.165, 1.54) is 0 Å². The lowest BCUT2D eigenvalue weighted by molar-refractivity contribution is -0.138. The third-order valence-corrected chi connectivity index (χ3v) is 2.08. The van der Waals surface area contributed by atoms with Gasteiger partial charge < -0.3 is 25.8 Å². The summed E-state index contributed by atoms with van der Waals surface area (Å²) < 4.78 is 5.17. The van der Waals surface area contributed by atoms with Crippen LogP contribution < -0.4 is 16.0 Å². The Labute approximate surface area is 97.7 Å². The molecule has 4 N–H and O–H groups in total. The molecule has 8 nitrogen and oxygen atoms in total. The first kappa shape index (κ1) is 13.4. The molecular formula is C9H15N3O5. The SMILES string of the molecule is O=C(O)CNC(=O)CNC(=O)C1CNCCO1. The van der Waals surface area contributed by atoms with Gasteiger partial charge >= 0.3 is 5.97 Å². The number of hydrogen-bond acceptors (Lipinski definition) is 5. The smallest absolute Gasteiger partial charge is 0.322 e. The first-order valence-corrected chi connectivity index (χ1v) is 5.18. The maximum atomic E-state index is 11.5. The fourth-order valence-electron chi connectivity index (χ4n) is 1.25. The van der Waals surface area contributed by atoms with Crippen LogP contribution in [0.4, 0.5) is 0 Å². The van der Waals surface area contributed by atoms with Gasteiger partial charge in [-0.05, 0) is 0 Å². The molecule has 1 aliphatic rings. The lowest BCUT2D eigenvalue weighted by atomic mass is 10.3. The maximum Gasteiger partial charge on any atom is 0.322 e. The van der Waals surface area contributed by atoms with E-state index in [0.29, 0.717) is 19.7 Å². The number of morpholine rings is 1. The predicted octanol–water partition coefficient (Wildman–Crippen LogP) is -2.71. The molecule has 1 saturated heterocycles. The van der Waals surface area contributed by atoms with Gasteiger partial charge in [-0.25, -0.2) is 0 Å². The number of amides is 2. The van der Waals surface area contributed by atoms with Gasteiger partial charge in [0.25, 0.3) is 5.91 Å². The summed E-state index contributed by atoms with van der Waals surface area (Å²) in [6, 6.07) is 0. The number of rotatable bonds is 5. The third kappa shape index (κ3) is 5.27. The Hall–Kier alpha value is -1.67. The molecule has 0 aliphatic carbocycles. The summed E-state index contributed by atoms with van der Waals surface area (Å²) in [5.41, 5.74) is 0. The molecule has 0 saturated carbocycles. The van der Waals surface area contributed by atoms with E-state index in [4.69, 9.17) is 9.84 Å². The highest BCUT2D eigenvalue weighted by Gasteiger charge is 2.21. The second kappa shape index (κ2) is 6.81. The van der Waals surface area contributed by atoms with Crippen molar-refractivity contribution in [2.45, 2.75) is 6.10 Å². The minimum Gasteiger partial charge on any atom is -0.480 e. The van der Waals surface area contributed by atoms with Gasteiger partial charge in [0.05, 0.1) is 13.2 Å². The molecule has 0 spiro atoms. The normalized spacial score (nSPS) is 19.4. The van der Waals surface area contributed by atoms with Crippen molar-refractivity contribution in [2.24, 2.45) is 0 Å². The van der Waals surface area contributed by atoms with Gasteiger partial charge in [-0.2, -0.15) is 0 Å². The van der Waals surface area contributed by atoms with E-state index in [0.717, 1.165) is 0 Å². The zero-order chi connectivity index (χ0) is 12.7. The molecule has 8 heteroatoms. The van der Waals surface area contributed by atoms with E-state index in [2.05, 4.69) is 16.0 Å². The van der Waals surface area contributed by atoms with E-state index in [1.54, 1.807) is 0 Å². The highest BCUT2D eigenvalue weighted by atomic mass is 16.5. The van der Waals surface area contributed by atoms with Gasteiger partial charge in [-0.15, -0.1) is 0 Å². The van der Waals surface area contributed by atoms with Gasteiger partial charge in [0, 0.05) is 13.1 Å². The average Bonchev–Trinajstić information content (AvgIpc) is 2.34. The second-order valence-electron chi connectivity index (χ2n) is 3.45. The van der Waals surface area contributed by atoms with Crippen molar-refractivity contribution in [1.82, 2.24) is 16.0 Å². The van der Waals surface area contributed by atoms with Crippen LogP contribution in [0.15, 0.2) is 0 Å². The van der Waals surface area contributed by atoms with Gasteiger partial charge in [0.1, 0.15) is 12.6 Å². The van der Waals surface area contributed by atoms with Crippen molar-refractivity contribution in [3.05, 3.63) is 0 Å². The summed E-state index contributed by atoms with van der Waals surface area (Å²) in [5.74, 6) is -2.07. The van der Waals surface area contributed by atoms with Crippen LogP contribution in [0.1, 0.15) is 0 Å². The highest BCUT2D eigenvalue weighted by Crippen LogP contribution is 1.95. The summed E-state index contributed by atoms with van der Waals surface area (Å²) in [4.78, 5) is 32.7. The lowest BCUT2D eigenvalue weighted by Crippen LogP contribution is -2.49. The number of carboxylic acids is 1. The largest absolute Gasteiger partial charge is 0.480 e. The monoisotopic (exact) mass is 245 g/mol.